The third-order valence-corrected chi connectivity index (χ3v) is 20.2. The zero-order valence-electron chi connectivity index (χ0n) is 48.5. The molecule has 416 valence electrons. The molecule has 5 aromatic heterocycles. The highest BCUT2D eigenvalue weighted by Crippen LogP contribution is 2.47. The largest absolute Gasteiger partial charge is 0.309 e. The number of allylic oxidation sites excluding steroid dienone is 1. The van der Waals surface area contributed by atoms with Crippen LogP contribution in [-0.4, -0.2) is 18.3 Å². The molecule has 0 fully saturated rings. The van der Waals surface area contributed by atoms with Gasteiger partial charge in [-0.05, 0) is 196 Å². The predicted octanol–water partition coefficient (Wildman–Crippen LogP) is 22.9. The van der Waals surface area contributed by atoms with Gasteiger partial charge >= 0.3 is 0 Å². The average Bonchev–Trinajstić information content (AvgIpc) is 1.60. The number of fused-ring (bicyclic) bond motifs is 16. The normalized spacial score (nSPS) is 12.6. The van der Waals surface area contributed by atoms with Crippen molar-refractivity contribution in [3.63, 3.8) is 0 Å². The fraction of sp³-hybridized carbons (Fsp3) is 0.0238. The van der Waals surface area contributed by atoms with Crippen molar-refractivity contribution in [1.82, 2.24) is 18.3 Å². The molecule has 0 saturated carbocycles. The van der Waals surface area contributed by atoms with Gasteiger partial charge in [-0.3, -0.25) is 0 Å². The number of hydrogen-bond donors (Lipinski definition) is 0. The average molecular weight is 1150 g/mol. The molecule has 0 aliphatic heterocycles. The molecule has 1 aliphatic carbocycles. The molecular formula is C84H54N4S. The Hall–Kier alpha value is -11.2. The fourth-order valence-corrected chi connectivity index (χ4v) is 16.2. The van der Waals surface area contributed by atoms with Gasteiger partial charge in [-0.2, -0.15) is 0 Å². The van der Waals surface area contributed by atoms with E-state index < -0.39 is 0 Å². The van der Waals surface area contributed by atoms with Crippen LogP contribution in [0.1, 0.15) is 16.9 Å². The third-order valence-electron chi connectivity index (χ3n) is 19.0. The maximum atomic E-state index is 2.52. The fourth-order valence-electron chi connectivity index (χ4n) is 14.9. The molecule has 0 N–H and O–H groups in total. The Morgan fingerprint density at radius 2 is 0.640 bits per heavy atom. The lowest BCUT2D eigenvalue weighted by Gasteiger charge is -2.14. The number of benzene rings is 13. The molecule has 18 aromatic rings. The van der Waals surface area contributed by atoms with Crippen LogP contribution in [0.5, 0.6) is 0 Å². The van der Waals surface area contributed by atoms with E-state index in [1.165, 1.54) is 147 Å². The summed E-state index contributed by atoms with van der Waals surface area (Å²) >= 11 is 1.94. The summed E-state index contributed by atoms with van der Waals surface area (Å²) in [5, 5.41) is 11.2. The van der Waals surface area contributed by atoms with E-state index >= 15 is 0 Å². The van der Waals surface area contributed by atoms with E-state index in [4.69, 9.17) is 0 Å². The van der Waals surface area contributed by atoms with Gasteiger partial charge in [-0.1, -0.05) is 176 Å². The van der Waals surface area contributed by atoms with E-state index in [2.05, 4.69) is 322 Å². The molecule has 4 nitrogen and oxygen atoms in total. The van der Waals surface area contributed by atoms with Crippen molar-refractivity contribution < 1.29 is 0 Å². The Morgan fingerprint density at radius 1 is 0.247 bits per heavy atom. The maximum absolute atomic E-state index is 2.52. The molecule has 0 amide bonds. The van der Waals surface area contributed by atoms with Gasteiger partial charge in [0.25, 0.3) is 0 Å². The Kier molecular flexibility index (Phi) is 11.0. The van der Waals surface area contributed by atoms with Crippen LogP contribution in [0.2, 0.25) is 0 Å². The summed E-state index contributed by atoms with van der Waals surface area (Å²) in [6.45, 7) is 0. The second-order valence-corrected chi connectivity index (χ2v) is 25.0. The first-order valence-corrected chi connectivity index (χ1v) is 31.7. The molecule has 0 atom stereocenters. The summed E-state index contributed by atoms with van der Waals surface area (Å²) in [4.78, 5) is 1.40. The number of para-hydroxylation sites is 4. The molecule has 13 aromatic carbocycles. The van der Waals surface area contributed by atoms with Gasteiger partial charge in [0, 0.05) is 70.7 Å². The van der Waals surface area contributed by atoms with E-state index in [-0.39, 0.29) is 0 Å². The van der Waals surface area contributed by atoms with Crippen molar-refractivity contribution >= 4 is 115 Å². The summed E-state index contributed by atoms with van der Waals surface area (Å²) < 4.78 is 11.3. The van der Waals surface area contributed by atoms with Gasteiger partial charge < -0.3 is 18.3 Å². The lowest BCUT2D eigenvalue weighted by molar-refractivity contribution is 1.01. The summed E-state index contributed by atoms with van der Waals surface area (Å²) in [6.07, 6.45) is 6.86. The van der Waals surface area contributed by atoms with Gasteiger partial charge in [0.2, 0.25) is 0 Å². The van der Waals surface area contributed by atoms with E-state index in [0.29, 0.717) is 0 Å². The minimum Gasteiger partial charge on any atom is -0.309 e. The third kappa shape index (κ3) is 7.72. The van der Waals surface area contributed by atoms with Crippen molar-refractivity contribution in [1.29, 1.82) is 0 Å². The van der Waals surface area contributed by atoms with Crippen LogP contribution in [-0.2, 0) is 6.42 Å². The highest BCUT2D eigenvalue weighted by molar-refractivity contribution is 7.21. The number of nitrogens with zero attached hydrogens (tertiary/aromatic N) is 4. The van der Waals surface area contributed by atoms with E-state index in [9.17, 15) is 0 Å². The van der Waals surface area contributed by atoms with E-state index in [0.717, 1.165) is 40.9 Å². The van der Waals surface area contributed by atoms with Crippen molar-refractivity contribution in [2.45, 2.75) is 12.8 Å². The molecule has 0 radical (unpaired) electrons. The number of aryl methyl sites for hydroxylation is 1. The van der Waals surface area contributed by atoms with Crippen molar-refractivity contribution in [2.75, 3.05) is 0 Å². The molecule has 0 spiro atoms. The molecule has 0 bridgehead atoms. The second-order valence-electron chi connectivity index (χ2n) is 23.9. The molecule has 19 rings (SSSR count). The Balaban J connectivity index is 0.825. The van der Waals surface area contributed by atoms with Gasteiger partial charge in [0.15, 0.2) is 0 Å². The Labute approximate surface area is 517 Å². The highest BCUT2D eigenvalue weighted by Gasteiger charge is 2.24. The number of aromatic nitrogens is 4. The SMILES string of the molecule is C1=Cc2sc3c(ccc4c5cc(-c6ccc7c(c6)c6cc(-c8ccc9c(c8)c8cc%10c(cc8n9-c8cc(-c9ccccc9)cc(-c9ccccc9)c8)c8ccccc8n%10-c8ccccc8)ccc6n7-c6ccccc6)ccc5n(-c5ccccc5)c43)c2CC1. The molecule has 5 heterocycles. The summed E-state index contributed by atoms with van der Waals surface area (Å²) in [5.74, 6) is 0. The zero-order chi connectivity index (χ0) is 58.3. The lowest BCUT2D eigenvalue weighted by Crippen LogP contribution is -1.96. The Morgan fingerprint density at radius 3 is 1.17 bits per heavy atom. The van der Waals surface area contributed by atoms with Gasteiger partial charge in [0.05, 0.1) is 48.8 Å². The molecule has 1 aliphatic rings. The predicted molar refractivity (Wildman–Crippen MR) is 378 cm³/mol. The van der Waals surface area contributed by atoms with Crippen LogP contribution in [0, 0.1) is 0 Å². The first kappa shape index (κ1) is 50.0. The van der Waals surface area contributed by atoms with E-state index in [1.54, 1.807) is 0 Å². The van der Waals surface area contributed by atoms with Crippen LogP contribution in [0.4, 0.5) is 0 Å². The van der Waals surface area contributed by atoms with Gasteiger partial charge in [-0.15, -0.1) is 11.3 Å². The number of thiophene rings is 1. The molecular weight excluding hydrogens is 1100 g/mol. The minimum atomic E-state index is 1.09. The molecule has 5 heteroatoms. The van der Waals surface area contributed by atoms with Crippen molar-refractivity contribution in [3.05, 3.63) is 308 Å². The summed E-state index contributed by atoms with van der Waals surface area (Å²) in [6, 6.07) is 108. The molecule has 0 unspecified atom stereocenters. The highest BCUT2D eigenvalue weighted by atomic mass is 32.1. The summed E-state index contributed by atoms with van der Waals surface area (Å²) in [5.41, 5.74) is 25.1. The smallest absolute Gasteiger partial charge is 0.0719 e. The van der Waals surface area contributed by atoms with Gasteiger partial charge in [-0.25, -0.2) is 0 Å². The van der Waals surface area contributed by atoms with Crippen LogP contribution < -0.4 is 0 Å². The number of rotatable bonds is 8. The maximum Gasteiger partial charge on any atom is 0.0719 e. The first-order chi connectivity index (χ1) is 44.1. The van der Waals surface area contributed by atoms with Crippen molar-refractivity contribution in [2.24, 2.45) is 0 Å². The Bertz CT molecular complexity index is 5880. The first-order valence-electron chi connectivity index (χ1n) is 30.9. The van der Waals surface area contributed by atoms with Crippen molar-refractivity contribution in [3.8, 4) is 67.3 Å². The van der Waals surface area contributed by atoms with E-state index in [1.807, 2.05) is 11.3 Å². The summed E-state index contributed by atoms with van der Waals surface area (Å²) in [7, 11) is 0. The molecule has 0 saturated heterocycles. The second kappa shape index (κ2) is 19.6. The van der Waals surface area contributed by atoms with Crippen LogP contribution in [0.25, 0.3) is 171 Å². The quantitative estimate of drug-likeness (QED) is 0.144. The molecule has 89 heavy (non-hydrogen) atoms. The zero-order valence-corrected chi connectivity index (χ0v) is 49.3. The van der Waals surface area contributed by atoms with Gasteiger partial charge in [0.1, 0.15) is 0 Å². The topological polar surface area (TPSA) is 19.7 Å². The standard InChI is InChI=1S/C84H54N4S/c1-6-20-53(21-7-1)59-44-60(54-22-8-2-9-23-54)46-64(45-59)87-78-42-36-58(50-72(78)74-52-80-73(51-81(74)87)65-30-16-18-32-75(65)86(80)62-26-12-4-13-27-62)57-35-41-77-71(49-57)70-48-56(34-40-76(70)85(77)61-24-10-3-11-25-61)55-37-43-79-69(47-55)67-38-39-68-66-31-17-19-33-82(66)89-84(68)83(67)88(79)63-28-14-5-15-29-63/h1-16,18-30,32-52H,17,31H2. The van der Waals surface area contributed by atoms with Crippen LogP contribution in [0.15, 0.2) is 297 Å². The monoisotopic (exact) mass is 1150 g/mol. The lowest BCUT2D eigenvalue weighted by atomic mass is 9.97. The van der Waals surface area contributed by atoms with Crippen LogP contribution in [0.3, 0.4) is 0 Å². The number of hydrogen-bond acceptors (Lipinski definition) is 1. The van der Waals surface area contributed by atoms with Crippen LogP contribution >= 0.6 is 11.3 Å². The minimum absolute atomic E-state index is 1.09.